The summed E-state index contributed by atoms with van der Waals surface area (Å²) in [7, 11) is 1.64. The van der Waals surface area contributed by atoms with Crippen LogP contribution < -0.4 is 10.1 Å². The minimum Gasteiger partial charge on any atom is -0.490 e. The molecule has 2 aromatic rings. The molecule has 0 saturated heterocycles. The van der Waals surface area contributed by atoms with Gasteiger partial charge in [0.15, 0.2) is 0 Å². The smallest absolute Gasteiger partial charge is 0.322 e. The molecule has 0 aromatic heterocycles. The van der Waals surface area contributed by atoms with Crippen LogP contribution in [0.1, 0.15) is 23.6 Å². The molecule has 3 rings (SSSR count). The van der Waals surface area contributed by atoms with E-state index in [9.17, 15) is 4.79 Å². The molecule has 0 unspecified atom stereocenters. The van der Waals surface area contributed by atoms with E-state index in [2.05, 4.69) is 24.4 Å². The fraction of sp³-hybridized carbons (Fsp3) is 0.381. The molecule has 2 amide bonds. The average molecular weight is 354 g/mol. The lowest BCUT2D eigenvalue weighted by molar-refractivity contribution is 0.152. The number of rotatable bonds is 6. The van der Waals surface area contributed by atoms with Crippen molar-refractivity contribution < 1.29 is 14.3 Å². The average Bonchev–Trinajstić information content (AvgIpc) is 2.99. The van der Waals surface area contributed by atoms with E-state index in [0.717, 1.165) is 29.0 Å². The van der Waals surface area contributed by atoms with E-state index < -0.39 is 0 Å². The van der Waals surface area contributed by atoms with Crippen LogP contribution >= 0.6 is 0 Å². The molecule has 138 valence electrons. The van der Waals surface area contributed by atoms with Gasteiger partial charge in [-0.15, -0.1) is 0 Å². The zero-order valence-electron chi connectivity index (χ0n) is 15.6. The third-order valence-corrected chi connectivity index (χ3v) is 4.62. The molecule has 5 heteroatoms. The van der Waals surface area contributed by atoms with Gasteiger partial charge in [-0.05, 0) is 48.7 Å². The van der Waals surface area contributed by atoms with Crippen molar-refractivity contribution in [1.82, 2.24) is 4.90 Å². The molecule has 1 N–H and O–H groups in total. The first-order valence-electron chi connectivity index (χ1n) is 8.96. The predicted molar refractivity (Wildman–Crippen MR) is 103 cm³/mol. The van der Waals surface area contributed by atoms with Gasteiger partial charge in [-0.2, -0.15) is 0 Å². The molecule has 2 aromatic carbocycles. The number of hydrogen-bond acceptors (Lipinski definition) is 3. The van der Waals surface area contributed by atoms with Gasteiger partial charge in [-0.1, -0.05) is 24.3 Å². The topological polar surface area (TPSA) is 50.8 Å². The summed E-state index contributed by atoms with van der Waals surface area (Å²) in [6.07, 6.45) is 1.06. The van der Waals surface area contributed by atoms with Crippen molar-refractivity contribution in [2.75, 3.05) is 25.6 Å². The molecule has 1 aliphatic rings. The predicted octanol–water partition coefficient (Wildman–Crippen LogP) is 4.00. The fourth-order valence-electron chi connectivity index (χ4n) is 3.15. The number of benzene rings is 2. The molecule has 1 heterocycles. The van der Waals surface area contributed by atoms with Gasteiger partial charge >= 0.3 is 6.03 Å². The summed E-state index contributed by atoms with van der Waals surface area (Å²) in [6, 6.07) is 13.8. The Morgan fingerprint density at radius 1 is 1.31 bits per heavy atom. The van der Waals surface area contributed by atoms with E-state index in [1.165, 1.54) is 5.56 Å². The highest BCUT2D eigenvalue weighted by atomic mass is 16.5. The van der Waals surface area contributed by atoms with Gasteiger partial charge in [0.2, 0.25) is 0 Å². The molecule has 5 nitrogen and oxygen atoms in total. The van der Waals surface area contributed by atoms with E-state index in [4.69, 9.17) is 9.47 Å². The number of carbonyl (C=O) groups is 1. The maximum Gasteiger partial charge on any atom is 0.322 e. The second-order valence-electron chi connectivity index (χ2n) is 6.73. The Kier molecular flexibility index (Phi) is 5.78. The Morgan fingerprint density at radius 2 is 2.12 bits per heavy atom. The molecule has 26 heavy (non-hydrogen) atoms. The number of anilines is 1. The molecule has 1 atom stereocenters. The maximum atomic E-state index is 12.8. The lowest BCUT2D eigenvalue weighted by Crippen LogP contribution is -2.37. The number of carbonyl (C=O) groups excluding carboxylic acids is 1. The van der Waals surface area contributed by atoms with Crippen molar-refractivity contribution in [1.29, 1.82) is 0 Å². The van der Waals surface area contributed by atoms with Crippen LogP contribution in [0.5, 0.6) is 5.75 Å². The van der Waals surface area contributed by atoms with Crippen LogP contribution in [0, 0.1) is 6.92 Å². The van der Waals surface area contributed by atoms with Crippen molar-refractivity contribution in [2.45, 2.75) is 32.9 Å². The van der Waals surface area contributed by atoms with Crippen molar-refractivity contribution in [2.24, 2.45) is 0 Å². The third kappa shape index (κ3) is 4.35. The van der Waals surface area contributed by atoms with Crippen LogP contribution in [0.4, 0.5) is 10.5 Å². The van der Waals surface area contributed by atoms with E-state index in [1.54, 1.807) is 12.0 Å². The SMILES string of the molecule is COCCN(Cc1ccccc1C)C(=O)Nc1ccc2c(c1)C[C@H](C)O2. The Hall–Kier alpha value is -2.53. The standard InChI is InChI=1S/C21H26N2O3/c1-15-6-4-5-7-17(15)14-23(10-11-25-3)21(24)22-19-8-9-20-18(13-19)12-16(2)26-20/h4-9,13,16H,10-12,14H2,1-3H3,(H,22,24)/t16-/m0/s1. The van der Waals surface area contributed by atoms with E-state index in [1.807, 2.05) is 37.3 Å². The number of aryl methyl sites for hydroxylation is 1. The monoisotopic (exact) mass is 354 g/mol. The van der Waals surface area contributed by atoms with Crippen LogP contribution in [0.3, 0.4) is 0 Å². The van der Waals surface area contributed by atoms with Gasteiger partial charge in [-0.3, -0.25) is 0 Å². The van der Waals surface area contributed by atoms with Crippen LogP contribution in [0.25, 0.3) is 0 Å². The summed E-state index contributed by atoms with van der Waals surface area (Å²) >= 11 is 0. The number of nitrogens with zero attached hydrogens (tertiary/aromatic N) is 1. The Morgan fingerprint density at radius 3 is 2.88 bits per heavy atom. The summed E-state index contributed by atoms with van der Waals surface area (Å²) < 4.78 is 10.9. The number of hydrogen-bond donors (Lipinski definition) is 1. The number of amides is 2. The second-order valence-corrected chi connectivity index (χ2v) is 6.73. The molecule has 0 fully saturated rings. The lowest BCUT2D eigenvalue weighted by atomic mass is 10.1. The van der Waals surface area contributed by atoms with Gasteiger partial charge in [-0.25, -0.2) is 4.79 Å². The summed E-state index contributed by atoms with van der Waals surface area (Å²) in [6.45, 7) is 5.68. The Balaban J connectivity index is 1.71. The first-order valence-corrected chi connectivity index (χ1v) is 8.96. The largest absolute Gasteiger partial charge is 0.490 e. The molecule has 0 saturated carbocycles. The normalized spacial score (nSPS) is 15.3. The summed E-state index contributed by atoms with van der Waals surface area (Å²) in [5.74, 6) is 0.909. The van der Waals surface area contributed by atoms with Crippen molar-refractivity contribution in [3.05, 3.63) is 59.2 Å². The summed E-state index contributed by atoms with van der Waals surface area (Å²) in [4.78, 5) is 14.6. The number of ether oxygens (including phenoxy) is 2. The van der Waals surface area contributed by atoms with Crippen LogP contribution in [0.15, 0.2) is 42.5 Å². The second kappa shape index (κ2) is 8.23. The van der Waals surface area contributed by atoms with Crippen LogP contribution in [-0.2, 0) is 17.7 Å². The molecule has 0 bridgehead atoms. The van der Waals surface area contributed by atoms with Gasteiger partial charge in [0.1, 0.15) is 11.9 Å². The minimum absolute atomic E-state index is 0.128. The first-order chi connectivity index (χ1) is 12.6. The molecule has 1 aliphatic heterocycles. The Bertz CT molecular complexity index is 776. The number of nitrogens with one attached hydrogen (secondary N) is 1. The summed E-state index contributed by atoms with van der Waals surface area (Å²) in [5.41, 5.74) is 4.23. The van der Waals surface area contributed by atoms with Crippen LogP contribution in [0.2, 0.25) is 0 Å². The number of urea groups is 1. The van der Waals surface area contributed by atoms with Gasteiger partial charge in [0.05, 0.1) is 6.61 Å². The molecule has 0 aliphatic carbocycles. The molecular weight excluding hydrogens is 328 g/mol. The minimum atomic E-state index is -0.128. The van der Waals surface area contributed by atoms with E-state index >= 15 is 0 Å². The zero-order chi connectivity index (χ0) is 18.5. The number of fused-ring (bicyclic) bond motifs is 1. The molecular formula is C21H26N2O3. The highest BCUT2D eigenvalue weighted by Gasteiger charge is 2.20. The first kappa shape index (κ1) is 18.3. The van der Waals surface area contributed by atoms with Crippen molar-refractivity contribution in [3.63, 3.8) is 0 Å². The van der Waals surface area contributed by atoms with E-state index in [0.29, 0.717) is 19.7 Å². The highest BCUT2D eigenvalue weighted by molar-refractivity contribution is 5.89. The maximum absolute atomic E-state index is 12.8. The quantitative estimate of drug-likeness (QED) is 0.853. The van der Waals surface area contributed by atoms with Crippen LogP contribution in [-0.4, -0.2) is 37.3 Å². The van der Waals surface area contributed by atoms with Gasteiger partial charge < -0.3 is 19.7 Å². The molecule has 0 radical (unpaired) electrons. The highest BCUT2D eigenvalue weighted by Crippen LogP contribution is 2.31. The van der Waals surface area contributed by atoms with Crippen molar-refractivity contribution in [3.8, 4) is 5.75 Å². The van der Waals surface area contributed by atoms with Gasteiger partial charge in [0, 0.05) is 32.3 Å². The molecule has 0 spiro atoms. The summed E-state index contributed by atoms with van der Waals surface area (Å²) in [5, 5.41) is 3.01. The van der Waals surface area contributed by atoms with Gasteiger partial charge in [0.25, 0.3) is 0 Å². The Labute approximate surface area is 154 Å². The lowest BCUT2D eigenvalue weighted by Gasteiger charge is -2.24. The van der Waals surface area contributed by atoms with E-state index in [-0.39, 0.29) is 12.1 Å². The third-order valence-electron chi connectivity index (χ3n) is 4.62. The number of methoxy groups -OCH3 is 1. The zero-order valence-corrected chi connectivity index (χ0v) is 15.6. The van der Waals surface area contributed by atoms with Crippen molar-refractivity contribution >= 4 is 11.7 Å². The fourth-order valence-corrected chi connectivity index (χ4v) is 3.15.